The molecule has 0 aliphatic rings. The quantitative estimate of drug-likeness (QED) is 0.722. The van der Waals surface area contributed by atoms with Crippen LogP contribution in [0.4, 0.5) is 0 Å². The predicted octanol–water partition coefficient (Wildman–Crippen LogP) is 4.21. The third-order valence-electron chi connectivity index (χ3n) is 3.98. The first-order valence-electron chi connectivity index (χ1n) is 7.36. The topological polar surface area (TPSA) is 38.0 Å². The molecule has 0 radical (unpaired) electrons. The lowest BCUT2D eigenvalue weighted by Crippen LogP contribution is -2.07. The maximum Gasteiger partial charge on any atom is 0.119 e. The summed E-state index contributed by atoms with van der Waals surface area (Å²) in [5, 5.41) is 10.2. The molecule has 3 heteroatoms. The molecule has 0 amide bonds. The summed E-state index contributed by atoms with van der Waals surface area (Å²) in [5.74, 6) is 0.900. The third-order valence-corrected chi connectivity index (χ3v) is 3.98. The van der Waals surface area contributed by atoms with Gasteiger partial charge in [-0.15, -0.1) is 0 Å². The van der Waals surface area contributed by atoms with Crippen molar-refractivity contribution in [2.75, 3.05) is 6.61 Å². The molecule has 0 saturated heterocycles. The Kier molecular flexibility index (Phi) is 3.84. The normalized spacial score (nSPS) is 10.6. The second-order valence-electron chi connectivity index (χ2n) is 5.49. The highest BCUT2D eigenvalue weighted by atomic mass is 16.5. The SMILES string of the molecule is Cc1ccc(OCCn2ccc3ccc(C#N)cc32)cc1C. The third kappa shape index (κ3) is 2.82. The zero-order valence-electron chi connectivity index (χ0n) is 12.8. The summed E-state index contributed by atoms with van der Waals surface area (Å²) in [6, 6.07) is 16.1. The molecule has 110 valence electrons. The molecular formula is C19H18N2O. The Bertz CT molecular complexity index is 855. The van der Waals surface area contributed by atoms with Crippen LogP contribution in [0.5, 0.6) is 5.75 Å². The lowest BCUT2D eigenvalue weighted by molar-refractivity contribution is 0.300. The van der Waals surface area contributed by atoms with Gasteiger partial charge < -0.3 is 9.30 Å². The van der Waals surface area contributed by atoms with E-state index in [1.54, 1.807) is 0 Å². The molecule has 3 rings (SSSR count). The summed E-state index contributed by atoms with van der Waals surface area (Å²) in [6.07, 6.45) is 2.04. The van der Waals surface area contributed by atoms with Gasteiger partial charge in [-0.1, -0.05) is 12.1 Å². The average Bonchev–Trinajstić information content (AvgIpc) is 2.93. The number of aryl methyl sites for hydroxylation is 2. The Morgan fingerprint density at radius 3 is 2.68 bits per heavy atom. The van der Waals surface area contributed by atoms with Gasteiger partial charge in [0.2, 0.25) is 0 Å². The molecule has 0 spiro atoms. The zero-order valence-corrected chi connectivity index (χ0v) is 12.8. The molecular weight excluding hydrogens is 272 g/mol. The maximum atomic E-state index is 9.01. The van der Waals surface area contributed by atoms with Gasteiger partial charge in [-0.3, -0.25) is 0 Å². The van der Waals surface area contributed by atoms with Gasteiger partial charge in [0, 0.05) is 11.7 Å². The van der Waals surface area contributed by atoms with E-state index in [-0.39, 0.29) is 0 Å². The molecule has 3 nitrogen and oxygen atoms in total. The summed E-state index contributed by atoms with van der Waals surface area (Å²) < 4.78 is 7.96. The van der Waals surface area contributed by atoms with E-state index < -0.39 is 0 Å². The number of nitriles is 1. The van der Waals surface area contributed by atoms with Gasteiger partial charge in [0.15, 0.2) is 0 Å². The second kappa shape index (κ2) is 5.95. The van der Waals surface area contributed by atoms with Crippen LogP contribution in [0.2, 0.25) is 0 Å². The van der Waals surface area contributed by atoms with Crippen molar-refractivity contribution in [1.29, 1.82) is 5.26 Å². The number of rotatable bonds is 4. The standard InChI is InChI=1S/C19H18N2O/c1-14-3-6-18(11-15(14)2)22-10-9-21-8-7-17-5-4-16(13-20)12-19(17)21/h3-8,11-12H,9-10H2,1-2H3. The largest absolute Gasteiger partial charge is 0.492 e. The Morgan fingerprint density at radius 2 is 1.91 bits per heavy atom. The smallest absolute Gasteiger partial charge is 0.119 e. The van der Waals surface area contributed by atoms with Crippen molar-refractivity contribution in [2.45, 2.75) is 20.4 Å². The summed E-state index contributed by atoms with van der Waals surface area (Å²) in [6.45, 7) is 5.54. The van der Waals surface area contributed by atoms with Gasteiger partial charge in [-0.05, 0) is 60.7 Å². The highest BCUT2D eigenvalue weighted by Gasteiger charge is 2.03. The highest BCUT2D eigenvalue weighted by Crippen LogP contribution is 2.19. The summed E-state index contributed by atoms with van der Waals surface area (Å²) in [7, 11) is 0. The lowest BCUT2D eigenvalue weighted by Gasteiger charge is -2.10. The molecule has 0 unspecified atom stereocenters. The number of aromatic nitrogens is 1. The van der Waals surface area contributed by atoms with E-state index in [9.17, 15) is 0 Å². The lowest BCUT2D eigenvalue weighted by atomic mass is 10.1. The van der Waals surface area contributed by atoms with Gasteiger partial charge in [-0.2, -0.15) is 5.26 Å². The van der Waals surface area contributed by atoms with Crippen LogP contribution in [0.25, 0.3) is 10.9 Å². The fourth-order valence-corrected chi connectivity index (χ4v) is 2.51. The van der Waals surface area contributed by atoms with Crippen molar-refractivity contribution in [1.82, 2.24) is 4.57 Å². The van der Waals surface area contributed by atoms with Crippen LogP contribution in [0.1, 0.15) is 16.7 Å². The highest BCUT2D eigenvalue weighted by molar-refractivity contribution is 5.81. The minimum Gasteiger partial charge on any atom is -0.492 e. The van der Waals surface area contributed by atoms with E-state index in [1.807, 2.05) is 30.5 Å². The van der Waals surface area contributed by atoms with E-state index in [0.29, 0.717) is 12.2 Å². The maximum absolute atomic E-state index is 9.01. The molecule has 0 aliphatic heterocycles. The minimum absolute atomic E-state index is 0.600. The van der Waals surface area contributed by atoms with Gasteiger partial charge >= 0.3 is 0 Å². The van der Waals surface area contributed by atoms with Gasteiger partial charge in [0.1, 0.15) is 12.4 Å². The molecule has 3 aromatic rings. The molecule has 0 bridgehead atoms. The van der Waals surface area contributed by atoms with E-state index in [2.05, 4.69) is 42.7 Å². The first kappa shape index (κ1) is 14.2. The van der Waals surface area contributed by atoms with Crippen molar-refractivity contribution in [3.63, 3.8) is 0 Å². The molecule has 1 aromatic heterocycles. The number of ether oxygens (including phenoxy) is 1. The monoisotopic (exact) mass is 290 g/mol. The van der Waals surface area contributed by atoms with E-state index >= 15 is 0 Å². The number of benzene rings is 2. The molecule has 0 fully saturated rings. The van der Waals surface area contributed by atoms with E-state index in [4.69, 9.17) is 10.00 Å². The van der Waals surface area contributed by atoms with Crippen LogP contribution in [-0.2, 0) is 6.54 Å². The summed E-state index contributed by atoms with van der Waals surface area (Å²) in [4.78, 5) is 0. The Balaban J connectivity index is 1.71. The Hall–Kier alpha value is -2.73. The van der Waals surface area contributed by atoms with Crippen LogP contribution in [0, 0.1) is 25.2 Å². The first-order valence-corrected chi connectivity index (χ1v) is 7.36. The first-order chi connectivity index (χ1) is 10.7. The molecule has 1 heterocycles. The number of hydrogen-bond acceptors (Lipinski definition) is 2. The number of hydrogen-bond donors (Lipinski definition) is 0. The zero-order chi connectivity index (χ0) is 15.5. The molecule has 0 saturated carbocycles. The van der Waals surface area contributed by atoms with Crippen LogP contribution < -0.4 is 4.74 Å². The van der Waals surface area contributed by atoms with Crippen LogP contribution >= 0.6 is 0 Å². The Labute approximate surface area is 130 Å². The van der Waals surface area contributed by atoms with Gasteiger partial charge in [0.25, 0.3) is 0 Å². The fraction of sp³-hybridized carbons (Fsp3) is 0.211. The van der Waals surface area contributed by atoms with Gasteiger partial charge in [-0.25, -0.2) is 0 Å². The molecule has 2 aromatic carbocycles. The minimum atomic E-state index is 0.600. The summed E-state index contributed by atoms with van der Waals surface area (Å²) in [5.41, 5.74) is 4.26. The van der Waals surface area contributed by atoms with Gasteiger partial charge in [0.05, 0.1) is 18.2 Å². The Morgan fingerprint density at radius 1 is 1.05 bits per heavy atom. The van der Waals surface area contributed by atoms with Crippen molar-refractivity contribution >= 4 is 10.9 Å². The van der Waals surface area contributed by atoms with Crippen molar-refractivity contribution in [3.05, 3.63) is 65.4 Å². The van der Waals surface area contributed by atoms with Crippen molar-refractivity contribution < 1.29 is 4.74 Å². The predicted molar refractivity (Wildman–Crippen MR) is 88.1 cm³/mol. The number of nitrogens with zero attached hydrogens (tertiary/aromatic N) is 2. The molecule has 0 aliphatic carbocycles. The van der Waals surface area contributed by atoms with Crippen LogP contribution in [-0.4, -0.2) is 11.2 Å². The van der Waals surface area contributed by atoms with Crippen molar-refractivity contribution in [3.8, 4) is 11.8 Å². The molecule has 22 heavy (non-hydrogen) atoms. The van der Waals surface area contributed by atoms with Crippen LogP contribution in [0.15, 0.2) is 48.7 Å². The van der Waals surface area contributed by atoms with E-state index in [1.165, 1.54) is 11.1 Å². The molecule has 0 N–H and O–H groups in total. The molecule has 0 atom stereocenters. The van der Waals surface area contributed by atoms with Crippen molar-refractivity contribution in [2.24, 2.45) is 0 Å². The fourth-order valence-electron chi connectivity index (χ4n) is 2.51. The van der Waals surface area contributed by atoms with Crippen LogP contribution in [0.3, 0.4) is 0 Å². The number of fused-ring (bicyclic) bond motifs is 1. The second-order valence-corrected chi connectivity index (χ2v) is 5.49. The van der Waals surface area contributed by atoms with E-state index in [0.717, 1.165) is 23.2 Å². The summed E-state index contributed by atoms with van der Waals surface area (Å²) >= 11 is 0. The average molecular weight is 290 g/mol.